The molecule has 5 heteroatoms. The van der Waals surface area contributed by atoms with Crippen LogP contribution in [-0.2, 0) is 4.79 Å². The summed E-state index contributed by atoms with van der Waals surface area (Å²) in [6.45, 7) is 5.11. The second-order valence-corrected chi connectivity index (χ2v) is 7.43. The van der Waals surface area contributed by atoms with Gasteiger partial charge in [0.05, 0.1) is 0 Å². The molecular weight excluding hydrogens is 270 g/mol. The van der Waals surface area contributed by atoms with Crippen LogP contribution in [0.5, 0.6) is 0 Å². The fourth-order valence-corrected chi connectivity index (χ4v) is 4.65. The first kappa shape index (κ1) is 14.7. The highest BCUT2D eigenvalue weighted by atomic mass is 32.2. The molecule has 0 bridgehead atoms. The third-order valence-corrected chi connectivity index (χ3v) is 6.06. The molecule has 2 aliphatic heterocycles. The summed E-state index contributed by atoms with van der Waals surface area (Å²) in [5.74, 6) is 2.63. The van der Waals surface area contributed by atoms with Crippen molar-refractivity contribution in [2.75, 3.05) is 44.2 Å². The molecular formula is C15H27N3OS. The van der Waals surface area contributed by atoms with E-state index < -0.39 is 0 Å². The number of carbonyl (C=O) groups is 1. The number of nitrogens with one attached hydrogen (secondary N) is 1. The lowest BCUT2D eigenvalue weighted by Gasteiger charge is -2.38. The van der Waals surface area contributed by atoms with E-state index in [9.17, 15) is 4.79 Å². The average molecular weight is 297 g/mol. The maximum atomic E-state index is 12.4. The van der Waals surface area contributed by atoms with Crippen LogP contribution in [0.4, 0.5) is 0 Å². The first-order valence-corrected chi connectivity index (χ1v) is 9.31. The molecule has 3 rings (SSSR count). The summed E-state index contributed by atoms with van der Waals surface area (Å²) in [6.07, 6.45) is 6.23. The SMILES string of the molecule is O=C(CC1CSCCN1)N1CCN(C2CCCC2)CC1. The minimum Gasteiger partial charge on any atom is -0.340 e. The lowest BCUT2D eigenvalue weighted by molar-refractivity contribution is -0.133. The largest absolute Gasteiger partial charge is 0.340 e. The molecule has 2 heterocycles. The predicted molar refractivity (Wildman–Crippen MR) is 84.1 cm³/mol. The number of carbonyl (C=O) groups excluding carboxylic acids is 1. The fourth-order valence-electron chi connectivity index (χ4n) is 3.70. The van der Waals surface area contributed by atoms with Gasteiger partial charge in [0, 0.05) is 62.7 Å². The summed E-state index contributed by atoms with van der Waals surface area (Å²) >= 11 is 1.97. The maximum Gasteiger partial charge on any atom is 0.224 e. The first-order valence-electron chi connectivity index (χ1n) is 8.16. The summed E-state index contributed by atoms with van der Waals surface area (Å²) in [6, 6.07) is 1.21. The normalized spacial score (nSPS) is 29.8. The number of piperazine rings is 1. The highest BCUT2D eigenvalue weighted by Gasteiger charge is 2.28. The Morgan fingerprint density at radius 3 is 2.55 bits per heavy atom. The van der Waals surface area contributed by atoms with Crippen molar-refractivity contribution in [3.63, 3.8) is 0 Å². The molecule has 1 unspecified atom stereocenters. The van der Waals surface area contributed by atoms with Crippen molar-refractivity contribution in [1.29, 1.82) is 0 Å². The topological polar surface area (TPSA) is 35.6 Å². The van der Waals surface area contributed by atoms with Crippen LogP contribution in [0.1, 0.15) is 32.1 Å². The zero-order valence-electron chi connectivity index (χ0n) is 12.4. The standard InChI is InChI=1S/C15H27N3OS/c19-15(11-13-12-20-10-5-16-13)18-8-6-17(7-9-18)14-3-1-2-4-14/h13-14,16H,1-12H2. The summed E-state index contributed by atoms with van der Waals surface area (Å²) < 4.78 is 0. The lowest BCUT2D eigenvalue weighted by Crippen LogP contribution is -2.52. The highest BCUT2D eigenvalue weighted by molar-refractivity contribution is 7.99. The molecule has 1 amide bonds. The van der Waals surface area contributed by atoms with E-state index in [1.165, 1.54) is 31.4 Å². The molecule has 4 nitrogen and oxygen atoms in total. The van der Waals surface area contributed by atoms with Crippen LogP contribution in [-0.4, -0.2) is 72.0 Å². The molecule has 20 heavy (non-hydrogen) atoms. The Kier molecular flexibility index (Phi) is 5.24. The molecule has 1 atom stereocenters. The van der Waals surface area contributed by atoms with Gasteiger partial charge in [-0.2, -0.15) is 11.8 Å². The maximum absolute atomic E-state index is 12.4. The van der Waals surface area contributed by atoms with Crippen LogP contribution < -0.4 is 5.32 Å². The summed E-state index contributed by atoms with van der Waals surface area (Å²) in [7, 11) is 0. The lowest BCUT2D eigenvalue weighted by atomic mass is 10.1. The molecule has 1 N–H and O–H groups in total. The third-order valence-electron chi connectivity index (χ3n) is 4.93. The molecule has 1 aliphatic carbocycles. The van der Waals surface area contributed by atoms with Gasteiger partial charge < -0.3 is 10.2 Å². The van der Waals surface area contributed by atoms with Gasteiger partial charge in [0.2, 0.25) is 5.91 Å². The number of hydrogen-bond acceptors (Lipinski definition) is 4. The Balaban J connectivity index is 1.41. The fraction of sp³-hybridized carbons (Fsp3) is 0.933. The number of thioether (sulfide) groups is 1. The summed E-state index contributed by atoms with van der Waals surface area (Å²) in [5.41, 5.74) is 0. The predicted octanol–water partition coefficient (Wildman–Crippen LogP) is 1.17. The molecule has 0 aromatic carbocycles. The van der Waals surface area contributed by atoms with Gasteiger partial charge in [-0.1, -0.05) is 12.8 Å². The third kappa shape index (κ3) is 3.68. The van der Waals surface area contributed by atoms with Crippen LogP contribution in [0.15, 0.2) is 0 Å². The summed E-state index contributed by atoms with van der Waals surface area (Å²) in [4.78, 5) is 17.1. The second kappa shape index (κ2) is 7.14. The van der Waals surface area contributed by atoms with E-state index in [1.54, 1.807) is 0 Å². The first-order chi connectivity index (χ1) is 9.83. The zero-order valence-corrected chi connectivity index (χ0v) is 13.2. The van der Waals surface area contributed by atoms with Gasteiger partial charge in [-0.3, -0.25) is 9.69 Å². The summed E-state index contributed by atoms with van der Waals surface area (Å²) in [5, 5.41) is 3.46. The molecule has 0 radical (unpaired) electrons. The van der Waals surface area contributed by atoms with Gasteiger partial charge in [-0.15, -0.1) is 0 Å². The van der Waals surface area contributed by atoms with E-state index in [2.05, 4.69) is 15.1 Å². The molecule has 3 fully saturated rings. The highest BCUT2D eigenvalue weighted by Crippen LogP contribution is 2.24. The molecule has 3 aliphatic rings. The molecule has 1 saturated carbocycles. The van der Waals surface area contributed by atoms with Gasteiger partial charge in [0.25, 0.3) is 0 Å². The van der Waals surface area contributed by atoms with Crippen LogP contribution in [0.2, 0.25) is 0 Å². The van der Waals surface area contributed by atoms with Crippen molar-refractivity contribution in [2.24, 2.45) is 0 Å². The van der Waals surface area contributed by atoms with Gasteiger partial charge in [0.1, 0.15) is 0 Å². The van der Waals surface area contributed by atoms with Gasteiger partial charge in [-0.25, -0.2) is 0 Å². The van der Waals surface area contributed by atoms with Gasteiger partial charge in [-0.05, 0) is 12.8 Å². The van der Waals surface area contributed by atoms with Gasteiger partial charge in [0.15, 0.2) is 0 Å². The number of nitrogens with zero attached hydrogens (tertiary/aromatic N) is 2. The van der Waals surface area contributed by atoms with Crippen LogP contribution in [0.25, 0.3) is 0 Å². The molecule has 2 saturated heterocycles. The van der Waals surface area contributed by atoms with Gasteiger partial charge >= 0.3 is 0 Å². The second-order valence-electron chi connectivity index (χ2n) is 6.29. The monoisotopic (exact) mass is 297 g/mol. The quantitative estimate of drug-likeness (QED) is 0.848. The molecule has 0 aromatic rings. The number of amides is 1. The van der Waals surface area contributed by atoms with Crippen LogP contribution >= 0.6 is 11.8 Å². The van der Waals surface area contributed by atoms with E-state index >= 15 is 0 Å². The zero-order chi connectivity index (χ0) is 13.8. The smallest absolute Gasteiger partial charge is 0.224 e. The number of hydrogen-bond donors (Lipinski definition) is 1. The Hall–Kier alpha value is -0.260. The Morgan fingerprint density at radius 2 is 1.90 bits per heavy atom. The Morgan fingerprint density at radius 1 is 1.15 bits per heavy atom. The van der Waals surface area contributed by atoms with E-state index in [0.29, 0.717) is 18.4 Å². The molecule has 0 aromatic heterocycles. The van der Waals surface area contributed by atoms with Crippen LogP contribution in [0, 0.1) is 0 Å². The van der Waals surface area contributed by atoms with Crippen molar-refractivity contribution in [3.8, 4) is 0 Å². The van der Waals surface area contributed by atoms with Crippen molar-refractivity contribution in [3.05, 3.63) is 0 Å². The van der Waals surface area contributed by atoms with E-state index in [1.807, 2.05) is 11.8 Å². The van der Waals surface area contributed by atoms with Crippen molar-refractivity contribution in [1.82, 2.24) is 15.1 Å². The van der Waals surface area contributed by atoms with Crippen LogP contribution in [0.3, 0.4) is 0 Å². The van der Waals surface area contributed by atoms with Crippen molar-refractivity contribution in [2.45, 2.75) is 44.2 Å². The number of rotatable bonds is 3. The molecule has 114 valence electrons. The van der Waals surface area contributed by atoms with Crippen molar-refractivity contribution < 1.29 is 4.79 Å². The van der Waals surface area contributed by atoms with Crippen molar-refractivity contribution >= 4 is 17.7 Å². The Bertz CT molecular complexity index is 319. The minimum absolute atomic E-state index is 0.357. The van der Waals surface area contributed by atoms with E-state index in [4.69, 9.17) is 0 Å². The Labute approximate surface area is 126 Å². The molecule has 0 spiro atoms. The minimum atomic E-state index is 0.357. The van der Waals surface area contributed by atoms with E-state index in [0.717, 1.165) is 44.5 Å². The van der Waals surface area contributed by atoms with E-state index in [-0.39, 0.29) is 0 Å². The average Bonchev–Trinajstić information content (AvgIpc) is 3.03.